The van der Waals surface area contributed by atoms with Crippen LogP contribution in [-0.4, -0.2) is 61.7 Å². The van der Waals surface area contributed by atoms with Crippen LogP contribution in [0.25, 0.3) is 10.9 Å². The van der Waals surface area contributed by atoms with Crippen molar-refractivity contribution in [3.05, 3.63) is 54.2 Å². The number of nitrogens with one attached hydrogen (secondary N) is 4. The van der Waals surface area contributed by atoms with Gasteiger partial charge in [-0.15, -0.1) is 0 Å². The number of hydrogen-bond donors (Lipinski definition) is 7. The predicted molar refractivity (Wildman–Crippen MR) is 118 cm³/mol. The Morgan fingerprint density at radius 1 is 1.10 bits per heavy atom. The number of thiol groups is 1. The molecule has 3 atom stereocenters. The summed E-state index contributed by atoms with van der Waals surface area (Å²) in [6.07, 6.45) is 5.05. The Hall–Kier alpha value is -3.31. The van der Waals surface area contributed by atoms with Gasteiger partial charge in [0.25, 0.3) is 0 Å². The molecular formula is C20H24N6O4S. The standard InChI is InChI=1S/C20H24N6O4S/c21-14(6-12-8-22-10-24-12)18(27)26-17(9-31)19(28)25-16(20(29)30)5-11-7-23-15-4-2-1-3-13(11)15/h1-4,7-8,10,14,16-17,23,31H,5-6,9,21H2,(H,22,24)(H,25,28)(H,26,27)(H,29,30). The minimum atomic E-state index is -1.18. The number of amides is 2. The van der Waals surface area contributed by atoms with E-state index in [-0.39, 0.29) is 18.6 Å². The number of para-hydroxylation sites is 1. The van der Waals surface area contributed by atoms with Crippen molar-refractivity contribution in [2.45, 2.75) is 31.0 Å². The van der Waals surface area contributed by atoms with Crippen LogP contribution in [-0.2, 0) is 27.2 Å². The molecule has 0 bridgehead atoms. The normalized spacial score (nSPS) is 14.0. The molecule has 2 aromatic heterocycles. The highest BCUT2D eigenvalue weighted by atomic mass is 32.1. The van der Waals surface area contributed by atoms with Crippen molar-refractivity contribution < 1.29 is 19.5 Å². The number of fused-ring (bicyclic) bond motifs is 1. The molecule has 31 heavy (non-hydrogen) atoms. The van der Waals surface area contributed by atoms with Crippen molar-refractivity contribution in [3.8, 4) is 0 Å². The van der Waals surface area contributed by atoms with Gasteiger partial charge >= 0.3 is 5.97 Å². The van der Waals surface area contributed by atoms with Crippen LogP contribution in [0.1, 0.15) is 11.3 Å². The highest BCUT2D eigenvalue weighted by Gasteiger charge is 2.28. The lowest BCUT2D eigenvalue weighted by atomic mass is 10.0. The van der Waals surface area contributed by atoms with Crippen molar-refractivity contribution in [2.24, 2.45) is 5.73 Å². The Bertz CT molecular complexity index is 1050. The highest BCUT2D eigenvalue weighted by Crippen LogP contribution is 2.19. The van der Waals surface area contributed by atoms with Crippen LogP contribution in [0.15, 0.2) is 43.0 Å². The van der Waals surface area contributed by atoms with Gasteiger partial charge in [-0.05, 0) is 11.6 Å². The molecule has 0 aliphatic carbocycles. The topological polar surface area (TPSA) is 166 Å². The number of imidazole rings is 1. The van der Waals surface area contributed by atoms with Crippen LogP contribution in [0, 0.1) is 0 Å². The Morgan fingerprint density at radius 2 is 1.84 bits per heavy atom. The summed E-state index contributed by atoms with van der Waals surface area (Å²) in [5.74, 6) is -2.40. The second kappa shape index (κ2) is 10.1. The molecule has 0 saturated carbocycles. The van der Waals surface area contributed by atoms with Crippen molar-refractivity contribution in [1.82, 2.24) is 25.6 Å². The zero-order valence-electron chi connectivity index (χ0n) is 16.5. The van der Waals surface area contributed by atoms with E-state index in [1.54, 1.807) is 12.4 Å². The van der Waals surface area contributed by atoms with Crippen LogP contribution in [0.3, 0.4) is 0 Å². The van der Waals surface area contributed by atoms with Crippen LogP contribution < -0.4 is 16.4 Å². The number of hydrogen-bond acceptors (Lipinski definition) is 6. The number of benzene rings is 1. The van der Waals surface area contributed by atoms with Gasteiger partial charge in [0.15, 0.2) is 0 Å². The van der Waals surface area contributed by atoms with Crippen molar-refractivity contribution in [1.29, 1.82) is 0 Å². The van der Waals surface area contributed by atoms with Crippen LogP contribution in [0.4, 0.5) is 0 Å². The molecule has 3 aromatic rings. The zero-order valence-corrected chi connectivity index (χ0v) is 17.4. The Balaban J connectivity index is 1.62. The van der Waals surface area contributed by atoms with Crippen molar-refractivity contribution >= 4 is 41.3 Å². The third kappa shape index (κ3) is 5.64. The number of carboxylic acid groups (broad SMARTS) is 1. The summed E-state index contributed by atoms with van der Waals surface area (Å²) >= 11 is 4.11. The van der Waals surface area contributed by atoms with E-state index in [1.165, 1.54) is 6.33 Å². The maximum absolute atomic E-state index is 12.7. The molecule has 11 heteroatoms. The number of aromatic amines is 2. The van der Waals surface area contributed by atoms with Gasteiger partial charge in [0.2, 0.25) is 11.8 Å². The molecule has 2 amide bonds. The number of aromatic nitrogens is 3. The number of rotatable bonds is 10. The molecule has 164 valence electrons. The number of nitrogens with two attached hydrogens (primary N) is 1. The summed E-state index contributed by atoms with van der Waals surface area (Å²) < 4.78 is 0. The third-order valence-corrected chi connectivity index (χ3v) is 5.23. The Kier molecular flexibility index (Phi) is 7.32. The molecule has 0 aliphatic rings. The zero-order chi connectivity index (χ0) is 22.4. The molecule has 0 spiro atoms. The maximum atomic E-state index is 12.7. The SMILES string of the molecule is NC(Cc1cnc[nH]1)C(=O)NC(CS)C(=O)NC(Cc1c[nH]c2ccccc12)C(=O)O. The lowest BCUT2D eigenvalue weighted by Gasteiger charge is -2.21. The monoisotopic (exact) mass is 444 g/mol. The fraction of sp³-hybridized carbons (Fsp3) is 0.300. The molecule has 2 heterocycles. The minimum Gasteiger partial charge on any atom is -0.480 e. The fourth-order valence-electron chi connectivity index (χ4n) is 3.19. The Labute approximate surface area is 183 Å². The van der Waals surface area contributed by atoms with Crippen LogP contribution in [0.2, 0.25) is 0 Å². The van der Waals surface area contributed by atoms with E-state index < -0.39 is 35.9 Å². The van der Waals surface area contributed by atoms with Crippen molar-refractivity contribution in [3.63, 3.8) is 0 Å². The second-order valence-electron chi connectivity index (χ2n) is 7.09. The molecule has 3 rings (SSSR count). The molecule has 0 fully saturated rings. The molecule has 3 unspecified atom stereocenters. The highest BCUT2D eigenvalue weighted by molar-refractivity contribution is 7.80. The second-order valence-corrected chi connectivity index (χ2v) is 7.46. The van der Waals surface area contributed by atoms with Gasteiger partial charge < -0.3 is 31.4 Å². The number of aliphatic carboxylic acids is 1. The first-order chi connectivity index (χ1) is 14.9. The number of nitrogens with zero attached hydrogens (tertiary/aromatic N) is 1. The summed E-state index contributed by atoms with van der Waals surface area (Å²) in [5.41, 5.74) is 8.21. The Morgan fingerprint density at radius 3 is 2.52 bits per heavy atom. The quantitative estimate of drug-likeness (QED) is 0.217. The maximum Gasteiger partial charge on any atom is 0.326 e. The van der Waals surface area contributed by atoms with Gasteiger partial charge in [-0.3, -0.25) is 9.59 Å². The summed E-state index contributed by atoms with van der Waals surface area (Å²) in [5, 5.41) is 15.5. The summed E-state index contributed by atoms with van der Waals surface area (Å²) in [6.45, 7) is 0. The van der Waals surface area contributed by atoms with Gasteiger partial charge in [0.05, 0.1) is 12.4 Å². The first kappa shape index (κ1) is 22.4. The lowest BCUT2D eigenvalue weighted by molar-refractivity contribution is -0.142. The van der Waals surface area contributed by atoms with E-state index >= 15 is 0 Å². The van der Waals surface area contributed by atoms with Crippen molar-refractivity contribution in [2.75, 3.05) is 5.75 Å². The summed E-state index contributed by atoms with van der Waals surface area (Å²) in [6, 6.07) is 4.37. The van der Waals surface area contributed by atoms with E-state index in [9.17, 15) is 19.5 Å². The number of carbonyl (C=O) groups excluding carboxylic acids is 2. The predicted octanol–water partition coefficient (Wildman–Crippen LogP) is -0.0125. The lowest BCUT2D eigenvalue weighted by Crippen LogP contribution is -2.55. The van der Waals surface area contributed by atoms with E-state index in [1.807, 2.05) is 24.3 Å². The molecule has 10 nitrogen and oxygen atoms in total. The molecule has 7 N–H and O–H groups in total. The average molecular weight is 445 g/mol. The first-order valence-corrected chi connectivity index (χ1v) is 10.2. The van der Waals surface area contributed by atoms with Crippen LogP contribution in [0.5, 0.6) is 0 Å². The summed E-state index contributed by atoms with van der Waals surface area (Å²) in [7, 11) is 0. The van der Waals surface area contributed by atoms with Gasteiger partial charge in [-0.2, -0.15) is 12.6 Å². The largest absolute Gasteiger partial charge is 0.480 e. The van der Waals surface area contributed by atoms with E-state index in [2.05, 4.69) is 38.2 Å². The third-order valence-electron chi connectivity index (χ3n) is 4.86. The molecule has 0 aliphatic heterocycles. The number of H-pyrrole nitrogens is 2. The van der Waals surface area contributed by atoms with Gasteiger partial charge in [0.1, 0.15) is 12.1 Å². The van der Waals surface area contributed by atoms with Gasteiger partial charge in [-0.25, -0.2) is 9.78 Å². The molecule has 0 saturated heterocycles. The smallest absolute Gasteiger partial charge is 0.326 e. The van der Waals surface area contributed by atoms with E-state index in [0.29, 0.717) is 5.69 Å². The minimum absolute atomic E-state index is 0.0201. The van der Waals surface area contributed by atoms with Gasteiger partial charge in [0, 0.05) is 47.6 Å². The molecular weight excluding hydrogens is 420 g/mol. The molecule has 0 radical (unpaired) electrons. The van der Waals surface area contributed by atoms with Crippen LogP contribution >= 0.6 is 12.6 Å². The number of carboxylic acids is 1. The first-order valence-electron chi connectivity index (χ1n) is 9.61. The average Bonchev–Trinajstić information content (AvgIpc) is 3.41. The van der Waals surface area contributed by atoms with E-state index in [4.69, 9.17) is 5.73 Å². The molecule has 1 aromatic carbocycles. The fourth-order valence-corrected chi connectivity index (χ4v) is 3.45. The summed E-state index contributed by atoms with van der Waals surface area (Å²) in [4.78, 5) is 46.6. The van der Waals surface area contributed by atoms with E-state index in [0.717, 1.165) is 16.5 Å². The van der Waals surface area contributed by atoms with Gasteiger partial charge in [-0.1, -0.05) is 18.2 Å². The number of carbonyl (C=O) groups is 3.